The molecule has 1 aliphatic rings. The lowest BCUT2D eigenvalue weighted by Gasteiger charge is -2.21. The van der Waals surface area contributed by atoms with Crippen molar-refractivity contribution in [3.8, 4) is 11.3 Å². The molecular formula is C15H15F2N3O2. The van der Waals surface area contributed by atoms with Gasteiger partial charge in [-0.15, -0.1) is 0 Å². The van der Waals surface area contributed by atoms with Crippen molar-refractivity contribution in [1.82, 2.24) is 9.78 Å². The van der Waals surface area contributed by atoms with E-state index in [1.165, 1.54) is 16.8 Å². The molecule has 0 unspecified atom stereocenters. The third-order valence-electron chi connectivity index (χ3n) is 3.86. The zero-order valence-corrected chi connectivity index (χ0v) is 12.0. The molecule has 3 rings (SSSR count). The number of halogens is 2. The van der Waals surface area contributed by atoms with Crippen molar-refractivity contribution in [2.75, 3.05) is 18.0 Å². The van der Waals surface area contributed by atoms with Crippen LogP contribution in [0.1, 0.15) is 23.3 Å². The van der Waals surface area contributed by atoms with E-state index in [2.05, 4.69) is 5.10 Å². The lowest BCUT2D eigenvalue weighted by Crippen LogP contribution is -2.19. The third kappa shape index (κ3) is 2.43. The summed E-state index contributed by atoms with van der Waals surface area (Å²) in [6.07, 6.45) is 1.98. The highest BCUT2D eigenvalue weighted by Gasteiger charge is 2.22. The Kier molecular flexibility index (Phi) is 3.56. The fourth-order valence-corrected chi connectivity index (χ4v) is 2.78. The molecule has 5 nitrogen and oxygen atoms in total. The van der Waals surface area contributed by atoms with Crippen molar-refractivity contribution < 1.29 is 18.7 Å². The molecule has 2 aromatic rings. The summed E-state index contributed by atoms with van der Waals surface area (Å²) in [7, 11) is 1.58. The fourth-order valence-electron chi connectivity index (χ4n) is 2.78. The molecule has 1 aromatic carbocycles. The lowest BCUT2D eigenvalue weighted by atomic mass is 10.1. The topological polar surface area (TPSA) is 58.4 Å². The van der Waals surface area contributed by atoms with Crippen LogP contribution in [-0.2, 0) is 7.05 Å². The zero-order valence-electron chi connectivity index (χ0n) is 12.0. The maximum absolute atomic E-state index is 13.7. The normalized spacial score (nSPS) is 14.6. The molecule has 116 valence electrons. The molecule has 1 fully saturated rings. The lowest BCUT2D eigenvalue weighted by molar-refractivity contribution is 0.0689. The maximum Gasteiger partial charge on any atom is 0.356 e. The van der Waals surface area contributed by atoms with Gasteiger partial charge in [-0.2, -0.15) is 5.10 Å². The van der Waals surface area contributed by atoms with Gasteiger partial charge in [0.15, 0.2) is 17.3 Å². The molecule has 2 heterocycles. The van der Waals surface area contributed by atoms with E-state index in [0.717, 1.165) is 32.0 Å². The Morgan fingerprint density at radius 2 is 1.82 bits per heavy atom. The molecule has 0 amide bonds. The van der Waals surface area contributed by atoms with Crippen LogP contribution in [0.25, 0.3) is 11.3 Å². The maximum atomic E-state index is 13.7. The fraction of sp³-hybridized carbons (Fsp3) is 0.333. The van der Waals surface area contributed by atoms with Crippen LogP contribution in [0.4, 0.5) is 14.5 Å². The summed E-state index contributed by atoms with van der Waals surface area (Å²) < 4.78 is 28.7. The van der Waals surface area contributed by atoms with Crippen LogP contribution in [0.5, 0.6) is 0 Å². The molecule has 22 heavy (non-hydrogen) atoms. The summed E-state index contributed by atoms with van der Waals surface area (Å²) in [4.78, 5) is 13.0. The van der Waals surface area contributed by atoms with Crippen molar-refractivity contribution in [2.24, 2.45) is 7.05 Å². The number of carbonyl (C=O) groups is 1. The molecule has 0 radical (unpaired) electrons. The second-order valence-electron chi connectivity index (χ2n) is 5.32. The van der Waals surface area contributed by atoms with Gasteiger partial charge in [-0.25, -0.2) is 13.6 Å². The Bertz CT molecular complexity index is 737. The van der Waals surface area contributed by atoms with Gasteiger partial charge in [0.25, 0.3) is 0 Å². The smallest absolute Gasteiger partial charge is 0.356 e. The van der Waals surface area contributed by atoms with Gasteiger partial charge in [0.2, 0.25) is 0 Å². The first-order valence-corrected chi connectivity index (χ1v) is 6.99. The Hall–Kier alpha value is -2.44. The predicted octanol–water partition coefficient (Wildman–Crippen LogP) is 2.66. The van der Waals surface area contributed by atoms with Crippen LogP contribution in [0.15, 0.2) is 18.2 Å². The SMILES string of the molecule is Cn1nc(C(=O)O)cc1-c1cc(F)c(F)cc1N1CCCC1. The monoisotopic (exact) mass is 307 g/mol. The average Bonchev–Trinajstić information content (AvgIpc) is 3.10. The van der Waals surface area contributed by atoms with Crippen molar-refractivity contribution in [3.63, 3.8) is 0 Å². The third-order valence-corrected chi connectivity index (χ3v) is 3.86. The molecule has 0 bridgehead atoms. The highest BCUT2D eigenvalue weighted by atomic mass is 19.2. The summed E-state index contributed by atoms with van der Waals surface area (Å²) in [5.41, 5.74) is 1.33. The molecule has 0 spiro atoms. The number of carboxylic acid groups (broad SMARTS) is 1. The quantitative estimate of drug-likeness (QED) is 0.947. The number of aryl methyl sites for hydroxylation is 1. The van der Waals surface area contributed by atoms with E-state index in [4.69, 9.17) is 5.11 Å². The number of rotatable bonds is 3. The van der Waals surface area contributed by atoms with Gasteiger partial charge in [-0.3, -0.25) is 4.68 Å². The Labute approximate surface area is 125 Å². The Morgan fingerprint density at radius 3 is 2.41 bits per heavy atom. The number of hydrogen-bond acceptors (Lipinski definition) is 3. The predicted molar refractivity (Wildman–Crippen MR) is 77.0 cm³/mol. The van der Waals surface area contributed by atoms with Gasteiger partial charge in [0.05, 0.1) is 5.69 Å². The molecular weight excluding hydrogens is 292 g/mol. The van der Waals surface area contributed by atoms with E-state index in [9.17, 15) is 13.6 Å². The highest BCUT2D eigenvalue weighted by molar-refractivity contribution is 5.88. The number of benzene rings is 1. The van der Waals surface area contributed by atoms with E-state index < -0.39 is 17.6 Å². The van der Waals surface area contributed by atoms with Crippen LogP contribution < -0.4 is 4.90 Å². The molecule has 0 saturated carbocycles. The zero-order chi connectivity index (χ0) is 15.9. The highest BCUT2D eigenvalue weighted by Crippen LogP contribution is 2.35. The van der Waals surface area contributed by atoms with E-state index in [-0.39, 0.29) is 5.69 Å². The van der Waals surface area contributed by atoms with E-state index >= 15 is 0 Å². The minimum Gasteiger partial charge on any atom is -0.476 e. The van der Waals surface area contributed by atoms with Crippen molar-refractivity contribution in [3.05, 3.63) is 35.5 Å². The summed E-state index contributed by atoms with van der Waals surface area (Å²) >= 11 is 0. The Balaban J connectivity index is 2.16. The average molecular weight is 307 g/mol. The van der Waals surface area contributed by atoms with Crippen LogP contribution in [0.2, 0.25) is 0 Å². The summed E-state index contributed by atoms with van der Waals surface area (Å²) in [6, 6.07) is 3.64. The number of aromatic carboxylic acids is 1. The number of nitrogens with zero attached hydrogens (tertiary/aromatic N) is 3. The first-order chi connectivity index (χ1) is 10.5. The second-order valence-corrected chi connectivity index (χ2v) is 5.32. The molecule has 1 aromatic heterocycles. The molecule has 0 aliphatic carbocycles. The van der Waals surface area contributed by atoms with Crippen molar-refractivity contribution in [2.45, 2.75) is 12.8 Å². The van der Waals surface area contributed by atoms with Crippen LogP contribution >= 0.6 is 0 Å². The van der Waals surface area contributed by atoms with Gasteiger partial charge in [-0.05, 0) is 25.0 Å². The van der Waals surface area contributed by atoms with Gasteiger partial charge >= 0.3 is 5.97 Å². The standard InChI is InChI=1S/C15H15F2N3O2/c1-19-13(8-12(18-19)15(21)22)9-6-10(16)11(17)7-14(9)20-4-2-3-5-20/h6-8H,2-5H2,1H3,(H,21,22). The second kappa shape index (κ2) is 5.40. The molecule has 7 heteroatoms. The van der Waals surface area contributed by atoms with Crippen LogP contribution in [0.3, 0.4) is 0 Å². The Morgan fingerprint density at radius 1 is 1.18 bits per heavy atom. The minimum atomic E-state index is -1.16. The first kappa shape index (κ1) is 14.5. The number of hydrogen-bond donors (Lipinski definition) is 1. The van der Waals surface area contributed by atoms with Crippen molar-refractivity contribution in [1.29, 1.82) is 0 Å². The minimum absolute atomic E-state index is 0.130. The van der Waals surface area contributed by atoms with Crippen molar-refractivity contribution >= 4 is 11.7 Å². The molecule has 1 N–H and O–H groups in total. The van der Waals surface area contributed by atoms with Crippen LogP contribution in [0, 0.1) is 11.6 Å². The summed E-state index contributed by atoms with van der Waals surface area (Å²) in [5.74, 6) is -3.03. The van der Waals surface area contributed by atoms with E-state index in [1.807, 2.05) is 4.90 Å². The van der Waals surface area contributed by atoms with Crippen LogP contribution in [-0.4, -0.2) is 33.9 Å². The summed E-state index contributed by atoms with van der Waals surface area (Å²) in [6.45, 7) is 1.53. The summed E-state index contributed by atoms with van der Waals surface area (Å²) in [5, 5.41) is 12.9. The molecule has 0 atom stereocenters. The van der Waals surface area contributed by atoms with E-state index in [1.54, 1.807) is 7.05 Å². The molecule has 1 saturated heterocycles. The number of carboxylic acids is 1. The van der Waals surface area contributed by atoms with E-state index in [0.29, 0.717) is 16.9 Å². The van der Waals surface area contributed by atoms with Gasteiger partial charge in [0, 0.05) is 37.5 Å². The number of aromatic nitrogens is 2. The van der Waals surface area contributed by atoms with Gasteiger partial charge in [-0.1, -0.05) is 0 Å². The number of anilines is 1. The molecule has 1 aliphatic heterocycles. The largest absolute Gasteiger partial charge is 0.476 e. The van der Waals surface area contributed by atoms with Gasteiger partial charge in [0.1, 0.15) is 0 Å². The first-order valence-electron chi connectivity index (χ1n) is 6.99. The van der Waals surface area contributed by atoms with Gasteiger partial charge < -0.3 is 10.0 Å².